The van der Waals surface area contributed by atoms with Crippen LogP contribution in [0, 0.1) is 30.9 Å². The first kappa shape index (κ1) is 26.6. The van der Waals surface area contributed by atoms with Crippen LogP contribution in [0.25, 0.3) is 6.08 Å². The number of rotatable bonds is 7. The highest BCUT2D eigenvalue weighted by Crippen LogP contribution is 2.31. The number of carbonyl (C=O) groups excluding carboxylic acids is 2. The summed E-state index contributed by atoms with van der Waals surface area (Å²) in [7, 11) is 1.58. The van der Waals surface area contributed by atoms with Crippen molar-refractivity contribution >= 4 is 51.9 Å². The fraction of sp³-hybridized carbons (Fsp3) is 0.179. The molecule has 1 aliphatic heterocycles. The Morgan fingerprint density at radius 3 is 2.42 bits per heavy atom. The van der Waals surface area contributed by atoms with Crippen molar-refractivity contribution in [2.24, 2.45) is 4.99 Å². The number of nitrogens with one attached hydrogen (secondary N) is 1. The molecule has 4 rings (SSSR count). The molecule has 0 aliphatic carbocycles. The quantitative estimate of drug-likeness (QED) is 0.240. The molecule has 0 aromatic heterocycles. The van der Waals surface area contributed by atoms with Gasteiger partial charge in [-0.25, -0.2) is 4.99 Å². The summed E-state index contributed by atoms with van der Waals surface area (Å²) in [6.07, 6.45) is 1.69. The molecule has 1 aliphatic rings. The van der Waals surface area contributed by atoms with Gasteiger partial charge >= 0.3 is 0 Å². The van der Waals surface area contributed by atoms with E-state index in [0.29, 0.717) is 27.9 Å². The van der Waals surface area contributed by atoms with Crippen molar-refractivity contribution in [3.63, 3.8) is 0 Å². The number of aliphatic imine (C=N–C) groups is 1. The number of methoxy groups -OCH3 is 1. The predicted molar refractivity (Wildman–Crippen MR) is 151 cm³/mol. The molecule has 0 unspecified atom stereocenters. The summed E-state index contributed by atoms with van der Waals surface area (Å²) in [6, 6.07) is 17.6. The number of amidine groups is 1. The van der Waals surface area contributed by atoms with Crippen LogP contribution in [0.3, 0.4) is 0 Å². The van der Waals surface area contributed by atoms with Crippen molar-refractivity contribution < 1.29 is 19.2 Å². The Kier molecular flexibility index (Phi) is 7.92. The molecule has 1 N–H and O–H groups in total. The second-order valence-corrected chi connectivity index (χ2v) is 9.67. The van der Waals surface area contributed by atoms with E-state index in [1.54, 1.807) is 38.3 Å². The second-order valence-electron chi connectivity index (χ2n) is 8.73. The Morgan fingerprint density at radius 2 is 1.79 bits per heavy atom. The van der Waals surface area contributed by atoms with Crippen LogP contribution in [0.4, 0.5) is 17.1 Å². The summed E-state index contributed by atoms with van der Waals surface area (Å²) >= 11 is 1.11. The molecular weight excluding hydrogens is 504 g/mol. The van der Waals surface area contributed by atoms with Gasteiger partial charge in [0.05, 0.1) is 34.7 Å². The number of hydrogen-bond acceptors (Lipinski definition) is 7. The number of hydrogen-bond donors (Lipinski definition) is 1. The minimum atomic E-state index is -0.489. The molecule has 10 heteroatoms. The summed E-state index contributed by atoms with van der Waals surface area (Å²) in [6.45, 7) is 5.48. The van der Waals surface area contributed by atoms with Gasteiger partial charge in [0, 0.05) is 6.07 Å². The molecule has 0 saturated carbocycles. The van der Waals surface area contributed by atoms with E-state index < -0.39 is 4.92 Å². The maximum absolute atomic E-state index is 13.5. The lowest BCUT2D eigenvalue weighted by Gasteiger charge is -2.19. The highest BCUT2D eigenvalue weighted by Gasteiger charge is 2.32. The van der Waals surface area contributed by atoms with Crippen LogP contribution < -0.4 is 15.0 Å². The van der Waals surface area contributed by atoms with Crippen LogP contribution in [0.15, 0.2) is 71.4 Å². The molecule has 2 amide bonds. The Morgan fingerprint density at radius 1 is 1.11 bits per heavy atom. The third kappa shape index (κ3) is 5.92. The second kappa shape index (κ2) is 11.3. The van der Waals surface area contributed by atoms with E-state index >= 15 is 0 Å². The Bertz CT molecular complexity index is 1460. The SMILES string of the molecule is COc1ccc(/C=C2\N=C(SCC(=O)Nc3cccc([N+](=O)[O-])c3C)N(c3cc(C)cc(C)c3)C2=O)cc1. The lowest BCUT2D eigenvalue weighted by Crippen LogP contribution is -2.31. The molecule has 9 nitrogen and oxygen atoms in total. The third-order valence-electron chi connectivity index (χ3n) is 5.82. The van der Waals surface area contributed by atoms with Crippen molar-refractivity contribution in [2.45, 2.75) is 20.8 Å². The number of thioether (sulfide) groups is 1. The summed E-state index contributed by atoms with van der Waals surface area (Å²) < 4.78 is 5.20. The Balaban J connectivity index is 1.60. The van der Waals surface area contributed by atoms with Crippen molar-refractivity contribution in [1.82, 2.24) is 0 Å². The number of nitro benzene ring substituents is 1. The van der Waals surface area contributed by atoms with E-state index in [2.05, 4.69) is 10.3 Å². The van der Waals surface area contributed by atoms with Gasteiger partial charge in [-0.2, -0.15) is 0 Å². The van der Waals surface area contributed by atoms with Crippen LogP contribution in [-0.4, -0.2) is 34.8 Å². The van der Waals surface area contributed by atoms with Crippen LogP contribution in [-0.2, 0) is 9.59 Å². The number of nitro groups is 1. The Labute approximate surface area is 224 Å². The highest BCUT2D eigenvalue weighted by molar-refractivity contribution is 8.14. The zero-order valence-corrected chi connectivity index (χ0v) is 22.2. The van der Waals surface area contributed by atoms with E-state index in [9.17, 15) is 19.7 Å². The highest BCUT2D eigenvalue weighted by atomic mass is 32.2. The molecule has 38 heavy (non-hydrogen) atoms. The van der Waals surface area contributed by atoms with Crippen molar-refractivity contribution in [2.75, 3.05) is 23.1 Å². The summed E-state index contributed by atoms with van der Waals surface area (Å²) in [5.74, 6) is -0.0257. The van der Waals surface area contributed by atoms with Gasteiger partial charge in [-0.3, -0.25) is 24.6 Å². The van der Waals surface area contributed by atoms with Gasteiger partial charge in [-0.15, -0.1) is 0 Å². The van der Waals surface area contributed by atoms with Crippen LogP contribution in [0.2, 0.25) is 0 Å². The molecule has 0 radical (unpaired) electrons. The summed E-state index contributed by atoms with van der Waals surface area (Å²) in [4.78, 5) is 43.1. The average Bonchev–Trinajstić information content (AvgIpc) is 3.18. The molecule has 3 aromatic carbocycles. The van der Waals surface area contributed by atoms with E-state index in [0.717, 1.165) is 28.5 Å². The molecule has 0 fully saturated rings. The zero-order valence-electron chi connectivity index (χ0n) is 21.3. The molecule has 0 atom stereocenters. The lowest BCUT2D eigenvalue weighted by molar-refractivity contribution is -0.385. The van der Waals surface area contributed by atoms with Gasteiger partial charge in [0.15, 0.2) is 5.17 Å². The smallest absolute Gasteiger partial charge is 0.283 e. The minimum Gasteiger partial charge on any atom is -0.497 e. The molecule has 0 spiro atoms. The monoisotopic (exact) mass is 530 g/mol. The lowest BCUT2D eigenvalue weighted by atomic mass is 10.1. The molecule has 1 heterocycles. The number of aryl methyl sites for hydroxylation is 2. The van der Waals surface area contributed by atoms with Gasteiger partial charge in [0.1, 0.15) is 11.4 Å². The van der Waals surface area contributed by atoms with Gasteiger partial charge in [-0.05, 0) is 73.9 Å². The number of carbonyl (C=O) groups is 2. The third-order valence-corrected chi connectivity index (χ3v) is 6.76. The van der Waals surface area contributed by atoms with Gasteiger partial charge in [0.2, 0.25) is 5.91 Å². The Hall–Kier alpha value is -4.44. The van der Waals surface area contributed by atoms with Gasteiger partial charge in [0.25, 0.3) is 11.6 Å². The van der Waals surface area contributed by atoms with Crippen molar-refractivity contribution in [3.8, 4) is 5.75 Å². The van der Waals surface area contributed by atoms with Crippen LogP contribution in [0.1, 0.15) is 22.3 Å². The maximum atomic E-state index is 13.5. The fourth-order valence-electron chi connectivity index (χ4n) is 4.03. The first-order valence-electron chi connectivity index (χ1n) is 11.7. The van der Waals surface area contributed by atoms with Crippen LogP contribution >= 0.6 is 11.8 Å². The first-order valence-corrected chi connectivity index (χ1v) is 12.7. The van der Waals surface area contributed by atoms with E-state index in [1.165, 1.54) is 17.0 Å². The molecule has 3 aromatic rings. The van der Waals surface area contributed by atoms with E-state index in [-0.39, 0.29) is 29.0 Å². The molecular formula is C28H26N4O5S. The largest absolute Gasteiger partial charge is 0.497 e. The zero-order chi connectivity index (χ0) is 27.4. The van der Waals surface area contributed by atoms with Crippen molar-refractivity contribution in [1.29, 1.82) is 0 Å². The number of anilines is 2. The summed E-state index contributed by atoms with van der Waals surface area (Å²) in [5, 5.41) is 14.3. The summed E-state index contributed by atoms with van der Waals surface area (Å²) in [5.41, 5.74) is 4.32. The number of benzene rings is 3. The predicted octanol–water partition coefficient (Wildman–Crippen LogP) is 5.64. The molecule has 0 bridgehead atoms. The van der Waals surface area contributed by atoms with Gasteiger partial charge < -0.3 is 10.1 Å². The van der Waals surface area contributed by atoms with Gasteiger partial charge in [-0.1, -0.05) is 36.0 Å². The van der Waals surface area contributed by atoms with E-state index in [1.807, 2.05) is 44.2 Å². The fourth-order valence-corrected chi connectivity index (χ4v) is 4.84. The normalized spacial score (nSPS) is 14.0. The van der Waals surface area contributed by atoms with Crippen LogP contribution in [0.5, 0.6) is 5.75 Å². The first-order chi connectivity index (χ1) is 18.2. The number of amides is 2. The van der Waals surface area contributed by atoms with E-state index in [4.69, 9.17) is 4.74 Å². The average molecular weight is 531 g/mol. The number of nitrogens with zero attached hydrogens (tertiary/aromatic N) is 3. The standard InChI is InChI=1S/C28H26N4O5S/c1-17-12-18(2)14-21(13-17)31-27(34)24(15-20-8-10-22(37-4)11-9-20)30-28(31)38-16-26(33)29-23-6-5-7-25(19(23)3)32(35)36/h5-15H,16H2,1-4H3,(H,29,33)/b24-15-. The minimum absolute atomic E-state index is 0.0502. The number of ether oxygens (including phenoxy) is 1. The molecule has 194 valence electrons. The molecule has 0 saturated heterocycles. The van der Waals surface area contributed by atoms with Crippen molar-refractivity contribution in [3.05, 3.63) is 98.7 Å². The maximum Gasteiger partial charge on any atom is 0.283 e. The topological polar surface area (TPSA) is 114 Å².